The van der Waals surface area contributed by atoms with E-state index in [1.54, 1.807) is 13.0 Å². The molecule has 1 fully saturated rings. The van der Waals surface area contributed by atoms with Gasteiger partial charge in [0.25, 0.3) is 0 Å². The standard InChI is InChI=1S/C12H16BrNO3S/c1-8-6-12(9(2)5-11(8)13)18(16,17)14-4-3-10(15)7-14/h5-6,10,15H,3-4,7H2,1-2H3/t10-/m1/s1. The van der Waals surface area contributed by atoms with Crippen molar-refractivity contribution in [2.24, 2.45) is 0 Å². The summed E-state index contributed by atoms with van der Waals surface area (Å²) in [4.78, 5) is 0.331. The number of aliphatic hydroxyl groups excluding tert-OH is 1. The molecule has 1 saturated heterocycles. The van der Waals surface area contributed by atoms with Gasteiger partial charge in [0.15, 0.2) is 0 Å². The maximum atomic E-state index is 12.5. The molecular weight excluding hydrogens is 318 g/mol. The van der Waals surface area contributed by atoms with E-state index in [0.29, 0.717) is 23.4 Å². The molecule has 1 N–H and O–H groups in total. The molecule has 0 bridgehead atoms. The van der Waals surface area contributed by atoms with E-state index in [0.717, 1.165) is 10.0 Å². The SMILES string of the molecule is Cc1cc(S(=O)(=O)N2CC[C@@H](O)C2)c(C)cc1Br. The Morgan fingerprint density at radius 2 is 2.00 bits per heavy atom. The Kier molecular flexibility index (Phi) is 3.82. The molecule has 0 aromatic heterocycles. The summed E-state index contributed by atoms with van der Waals surface area (Å²) in [6.07, 6.45) is -0.0371. The summed E-state index contributed by atoms with van der Waals surface area (Å²) in [6, 6.07) is 3.49. The highest BCUT2D eigenvalue weighted by Gasteiger charge is 2.32. The number of benzene rings is 1. The average Bonchev–Trinajstić information content (AvgIpc) is 2.70. The fourth-order valence-corrected chi connectivity index (χ4v) is 4.34. The molecule has 1 aromatic rings. The Balaban J connectivity index is 2.45. The van der Waals surface area contributed by atoms with Gasteiger partial charge in [0.05, 0.1) is 11.0 Å². The van der Waals surface area contributed by atoms with Gasteiger partial charge < -0.3 is 5.11 Å². The van der Waals surface area contributed by atoms with E-state index in [-0.39, 0.29) is 6.54 Å². The lowest BCUT2D eigenvalue weighted by molar-refractivity contribution is 0.189. The molecule has 6 heteroatoms. The Morgan fingerprint density at radius 1 is 1.33 bits per heavy atom. The van der Waals surface area contributed by atoms with Crippen molar-refractivity contribution in [3.05, 3.63) is 27.7 Å². The molecule has 100 valence electrons. The van der Waals surface area contributed by atoms with E-state index in [1.807, 2.05) is 13.0 Å². The summed E-state index contributed by atoms with van der Waals surface area (Å²) in [5.41, 5.74) is 1.60. The zero-order valence-corrected chi connectivity index (χ0v) is 12.8. The third kappa shape index (κ3) is 2.47. The largest absolute Gasteiger partial charge is 0.392 e. The Bertz CT molecular complexity index is 571. The van der Waals surface area contributed by atoms with E-state index in [1.165, 1.54) is 4.31 Å². The first-order chi connectivity index (χ1) is 8.32. The second-order valence-corrected chi connectivity index (χ2v) is 7.43. The number of hydrogen-bond donors (Lipinski definition) is 1. The fraction of sp³-hybridized carbons (Fsp3) is 0.500. The lowest BCUT2D eigenvalue weighted by Gasteiger charge is -2.18. The summed E-state index contributed by atoms with van der Waals surface area (Å²) in [5, 5.41) is 9.46. The molecule has 0 aliphatic carbocycles. The molecule has 1 aliphatic heterocycles. The molecule has 1 heterocycles. The van der Waals surface area contributed by atoms with Gasteiger partial charge in [0.2, 0.25) is 10.0 Å². The van der Waals surface area contributed by atoms with Crippen LogP contribution in [-0.2, 0) is 10.0 Å². The first-order valence-electron chi connectivity index (χ1n) is 5.77. The van der Waals surface area contributed by atoms with Gasteiger partial charge in [-0.25, -0.2) is 8.42 Å². The third-order valence-corrected chi connectivity index (χ3v) is 6.06. The lowest BCUT2D eigenvalue weighted by Crippen LogP contribution is -2.30. The molecule has 1 atom stereocenters. The lowest BCUT2D eigenvalue weighted by atomic mass is 10.2. The number of aryl methyl sites for hydroxylation is 2. The molecule has 2 rings (SSSR count). The number of rotatable bonds is 2. The second-order valence-electron chi connectivity index (χ2n) is 4.67. The van der Waals surface area contributed by atoms with Gasteiger partial charge >= 0.3 is 0 Å². The molecular formula is C12H16BrNO3S. The minimum absolute atomic E-state index is 0.191. The Morgan fingerprint density at radius 3 is 2.56 bits per heavy atom. The van der Waals surface area contributed by atoms with Gasteiger partial charge in [0, 0.05) is 17.6 Å². The van der Waals surface area contributed by atoms with Gasteiger partial charge in [-0.3, -0.25) is 0 Å². The van der Waals surface area contributed by atoms with Crippen molar-refractivity contribution >= 4 is 26.0 Å². The van der Waals surface area contributed by atoms with Crippen molar-refractivity contribution in [1.82, 2.24) is 4.31 Å². The maximum absolute atomic E-state index is 12.5. The number of aliphatic hydroxyl groups is 1. The number of hydrogen-bond acceptors (Lipinski definition) is 3. The zero-order valence-electron chi connectivity index (χ0n) is 10.4. The third-order valence-electron chi connectivity index (χ3n) is 3.20. The van der Waals surface area contributed by atoms with Gasteiger partial charge in [-0.1, -0.05) is 15.9 Å². The number of nitrogens with zero attached hydrogens (tertiary/aromatic N) is 1. The highest BCUT2D eigenvalue weighted by molar-refractivity contribution is 9.10. The first kappa shape index (κ1) is 14.0. The number of halogens is 1. The van der Waals surface area contributed by atoms with Crippen molar-refractivity contribution < 1.29 is 13.5 Å². The molecule has 0 amide bonds. The van der Waals surface area contributed by atoms with E-state index >= 15 is 0 Å². The highest BCUT2D eigenvalue weighted by atomic mass is 79.9. The minimum Gasteiger partial charge on any atom is -0.392 e. The monoisotopic (exact) mass is 333 g/mol. The summed E-state index contributed by atoms with van der Waals surface area (Å²) >= 11 is 3.39. The van der Waals surface area contributed by atoms with Crippen molar-refractivity contribution in [2.45, 2.75) is 31.3 Å². The summed E-state index contributed by atoms with van der Waals surface area (Å²) < 4.78 is 27.2. The van der Waals surface area contributed by atoms with Crippen molar-refractivity contribution in [1.29, 1.82) is 0 Å². The average molecular weight is 334 g/mol. The van der Waals surface area contributed by atoms with Crippen molar-refractivity contribution in [3.8, 4) is 0 Å². The topological polar surface area (TPSA) is 57.6 Å². The van der Waals surface area contributed by atoms with E-state index in [9.17, 15) is 13.5 Å². The molecule has 1 aliphatic rings. The Labute approximate surface area is 116 Å². The van der Waals surface area contributed by atoms with E-state index < -0.39 is 16.1 Å². The Hall–Kier alpha value is -0.430. The van der Waals surface area contributed by atoms with Gasteiger partial charge in [-0.2, -0.15) is 4.31 Å². The first-order valence-corrected chi connectivity index (χ1v) is 8.00. The van der Waals surface area contributed by atoms with Crippen LogP contribution in [0.1, 0.15) is 17.5 Å². The smallest absolute Gasteiger partial charge is 0.243 e. The van der Waals surface area contributed by atoms with E-state index in [2.05, 4.69) is 15.9 Å². The normalized spacial score (nSPS) is 21.4. The molecule has 0 radical (unpaired) electrons. The van der Waals surface area contributed by atoms with Crippen molar-refractivity contribution in [2.75, 3.05) is 13.1 Å². The highest BCUT2D eigenvalue weighted by Crippen LogP contribution is 2.28. The predicted octanol–water partition coefficient (Wildman–Crippen LogP) is 1.82. The van der Waals surface area contributed by atoms with Gasteiger partial charge in [0.1, 0.15) is 0 Å². The van der Waals surface area contributed by atoms with Crippen LogP contribution in [0.3, 0.4) is 0 Å². The zero-order chi connectivity index (χ0) is 13.5. The van der Waals surface area contributed by atoms with Crippen LogP contribution < -0.4 is 0 Å². The van der Waals surface area contributed by atoms with Gasteiger partial charge in [-0.05, 0) is 43.5 Å². The van der Waals surface area contributed by atoms with Crippen LogP contribution in [0.15, 0.2) is 21.5 Å². The van der Waals surface area contributed by atoms with Crippen LogP contribution in [0, 0.1) is 13.8 Å². The van der Waals surface area contributed by atoms with E-state index in [4.69, 9.17) is 0 Å². The summed E-state index contributed by atoms with van der Waals surface area (Å²) in [6.45, 7) is 4.22. The van der Waals surface area contributed by atoms with Crippen LogP contribution >= 0.6 is 15.9 Å². The molecule has 18 heavy (non-hydrogen) atoms. The number of β-amino-alcohol motifs (C(OH)–C–C–N with tert-alkyl or cyclic N) is 1. The minimum atomic E-state index is -3.49. The van der Waals surface area contributed by atoms with Crippen LogP contribution in [0.4, 0.5) is 0 Å². The summed E-state index contributed by atoms with van der Waals surface area (Å²) in [7, 11) is -3.49. The molecule has 1 aromatic carbocycles. The van der Waals surface area contributed by atoms with Crippen LogP contribution in [0.2, 0.25) is 0 Å². The van der Waals surface area contributed by atoms with Gasteiger partial charge in [-0.15, -0.1) is 0 Å². The number of sulfonamides is 1. The predicted molar refractivity (Wildman–Crippen MR) is 73.0 cm³/mol. The maximum Gasteiger partial charge on any atom is 0.243 e. The van der Waals surface area contributed by atoms with Crippen LogP contribution in [0.5, 0.6) is 0 Å². The second kappa shape index (κ2) is 4.92. The van der Waals surface area contributed by atoms with Crippen LogP contribution in [-0.4, -0.2) is 37.0 Å². The molecule has 0 saturated carbocycles. The molecule has 4 nitrogen and oxygen atoms in total. The summed E-state index contributed by atoms with van der Waals surface area (Å²) in [5.74, 6) is 0. The fourth-order valence-electron chi connectivity index (χ4n) is 2.10. The van der Waals surface area contributed by atoms with Crippen LogP contribution in [0.25, 0.3) is 0 Å². The molecule has 0 spiro atoms. The molecule has 0 unspecified atom stereocenters. The van der Waals surface area contributed by atoms with Crippen molar-refractivity contribution in [3.63, 3.8) is 0 Å². The quantitative estimate of drug-likeness (QED) is 0.898.